The van der Waals surface area contributed by atoms with Crippen LogP contribution in [-0.2, 0) is 16.0 Å². The van der Waals surface area contributed by atoms with Crippen molar-refractivity contribution in [2.24, 2.45) is 11.7 Å². The van der Waals surface area contributed by atoms with E-state index in [-0.39, 0.29) is 52.1 Å². The Bertz CT molecular complexity index is 1240. The van der Waals surface area contributed by atoms with Gasteiger partial charge in [0.2, 0.25) is 0 Å². The van der Waals surface area contributed by atoms with Crippen molar-refractivity contribution < 1.29 is 34.4 Å². The van der Waals surface area contributed by atoms with Gasteiger partial charge in [-0.15, -0.1) is 0 Å². The maximum atomic E-state index is 13.4. The fourth-order valence-electron chi connectivity index (χ4n) is 6.04. The van der Waals surface area contributed by atoms with Crippen LogP contribution >= 0.6 is 0 Å². The fraction of sp³-hybridized carbons (Fsp3) is 0.444. The number of nitrogens with two attached hydrogens (primary N) is 1. The van der Waals surface area contributed by atoms with Crippen molar-refractivity contribution in [3.8, 4) is 11.5 Å². The molecule has 1 fully saturated rings. The maximum absolute atomic E-state index is 13.4. The van der Waals surface area contributed by atoms with Gasteiger partial charge < -0.3 is 25.8 Å². The first kappa shape index (κ1) is 23.7. The van der Waals surface area contributed by atoms with Gasteiger partial charge in [-0.25, -0.2) is 0 Å². The molecule has 6 atom stereocenters. The summed E-state index contributed by atoms with van der Waals surface area (Å²) in [6.07, 6.45) is -0.269. The standard InChI is InChI=1S/C27H29NO7/c1-11(29)13-7-14(8-15-10-19(28)23(30)12(2)35-15)20-18(9-13)26(33)21-22(27(20)34)25(32)17-6-4-3-5-16(17)24(21)31/h3-6,12-15,19,23,30,33-34H,7-10,28H2,1-2H3/t12-,13?,14?,15-,19-,23+/m0/s1. The van der Waals surface area contributed by atoms with Gasteiger partial charge in [0.15, 0.2) is 11.6 Å². The molecule has 8 heteroatoms. The van der Waals surface area contributed by atoms with Gasteiger partial charge in [-0.1, -0.05) is 24.3 Å². The molecular weight excluding hydrogens is 450 g/mol. The van der Waals surface area contributed by atoms with Gasteiger partial charge in [0, 0.05) is 34.2 Å². The Morgan fingerprint density at radius 2 is 1.66 bits per heavy atom. The lowest BCUT2D eigenvalue weighted by Gasteiger charge is -2.40. The van der Waals surface area contributed by atoms with Crippen LogP contribution in [0.5, 0.6) is 11.5 Å². The predicted octanol–water partition coefficient (Wildman–Crippen LogP) is 2.36. The van der Waals surface area contributed by atoms with Crippen LogP contribution < -0.4 is 5.73 Å². The molecule has 5 rings (SSSR count). The van der Waals surface area contributed by atoms with Gasteiger partial charge in [0.1, 0.15) is 17.3 Å². The van der Waals surface area contributed by atoms with Crippen LogP contribution in [0.25, 0.3) is 0 Å². The molecule has 3 aliphatic rings. The highest BCUT2D eigenvalue weighted by Crippen LogP contribution is 2.51. The van der Waals surface area contributed by atoms with E-state index in [4.69, 9.17) is 10.5 Å². The van der Waals surface area contributed by atoms with Crippen molar-refractivity contribution in [1.82, 2.24) is 0 Å². The van der Waals surface area contributed by atoms with Gasteiger partial charge in [0.05, 0.1) is 29.4 Å². The zero-order valence-corrected chi connectivity index (χ0v) is 19.7. The molecule has 0 spiro atoms. The second-order valence-electron chi connectivity index (χ2n) is 10.1. The topological polar surface area (TPSA) is 147 Å². The normalized spacial score (nSPS) is 29.8. The molecule has 2 aliphatic carbocycles. The van der Waals surface area contributed by atoms with E-state index in [9.17, 15) is 29.7 Å². The Labute approximate surface area is 202 Å². The highest BCUT2D eigenvalue weighted by atomic mass is 16.5. The first-order chi connectivity index (χ1) is 16.6. The molecule has 184 valence electrons. The molecule has 2 unspecified atom stereocenters. The van der Waals surface area contributed by atoms with Crippen LogP contribution in [0.2, 0.25) is 0 Å². The number of aliphatic hydroxyl groups is 1. The van der Waals surface area contributed by atoms with E-state index in [1.807, 2.05) is 0 Å². The minimum atomic E-state index is -0.789. The number of benzene rings is 2. The number of ketones is 3. The van der Waals surface area contributed by atoms with Gasteiger partial charge in [-0.3, -0.25) is 14.4 Å². The minimum absolute atomic E-state index is 0.0601. The molecule has 1 saturated heterocycles. The summed E-state index contributed by atoms with van der Waals surface area (Å²) in [5.74, 6) is -2.61. The summed E-state index contributed by atoms with van der Waals surface area (Å²) in [5.41, 5.74) is 6.76. The molecule has 0 bridgehead atoms. The summed E-state index contributed by atoms with van der Waals surface area (Å²) >= 11 is 0. The lowest BCUT2D eigenvalue weighted by Crippen LogP contribution is -2.51. The molecule has 0 aromatic heterocycles. The summed E-state index contributed by atoms with van der Waals surface area (Å²) in [6.45, 7) is 3.23. The number of carbonyl (C=O) groups is 3. The van der Waals surface area contributed by atoms with Crippen LogP contribution in [0.4, 0.5) is 0 Å². The van der Waals surface area contributed by atoms with Crippen molar-refractivity contribution in [2.75, 3.05) is 0 Å². The van der Waals surface area contributed by atoms with Gasteiger partial charge in [0.25, 0.3) is 0 Å². The molecule has 35 heavy (non-hydrogen) atoms. The second kappa shape index (κ2) is 8.55. The average Bonchev–Trinajstić information content (AvgIpc) is 2.82. The Morgan fingerprint density at radius 1 is 1.06 bits per heavy atom. The summed E-state index contributed by atoms with van der Waals surface area (Å²) in [5, 5.41) is 32.8. The number of hydrogen-bond donors (Lipinski definition) is 4. The van der Waals surface area contributed by atoms with Crippen LogP contribution in [-0.4, -0.2) is 57.0 Å². The van der Waals surface area contributed by atoms with E-state index in [1.165, 1.54) is 19.1 Å². The molecule has 0 radical (unpaired) electrons. The summed E-state index contributed by atoms with van der Waals surface area (Å²) < 4.78 is 5.97. The van der Waals surface area contributed by atoms with Crippen molar-refractivity contribution in [1.29, 1.82) is 0 Å². The molecule has 1 heterocycles. The monoisotopic (exact) mass is 479 g/mol. The van der Waals surface area contributed by atoms with Crippen molar-refractivity contribution in [3.05, 3.63) is 57.6 Å². The van der Waals surface area contributed by atoms with Gasteiger partial charge in [-0.2, -0.15) is 0 Å². The number of Topliss-reactive ketones (excluding diaryl/α,β-unsaturated/α-hetero) is 1. The predicted molar refractivity (Wildman–Crippen MR) is 126 cm³/mol. The first-order valence-electron chi connectivity index (χ1n) is 12.0. The lowest BCUT2D eigenvalue weighted by molar-refractivity contribution is -0.124. The van der Waals surface area contributed by atoms with Crippen LogP contribution in [0.15, 0.2) is 24.3 Å². The zero-order chi connectivity index (χ0) is 25.2. The highest BCUT2D eigenvalue weighted by molar-refractivity contribution is 6.30. The van der Waals surface area contributed by atoms with E-state index in [0.29, 0.717) is 30.4 Å². The second-order valence-corrected chi connectivity index (χ2v) is 10.1. The van der Waals surface area contributed by atoms with E-state index in [2.05, 4.69) is 0 Å². The number of carbonyl (C=O) groups excluding carboxylic acids is 3. The number of phenolic OH excluding ortho intramolecular Hbond substituents is 2. The number of hydrogen-bond acceptors (Lipinski definition) is 8. The van der Waals surface area contributed by atoms with Crippen molar-refractivity contribution >= 4 is 17.3 Å². The Balaban J connectivity index is 1.63. The zero-order valence-electron chi connectivity index (χ0n) is 19.7. The number of aliphatic hydroxyl groups excluding tert-OH is 1. The van der Waals surface area contributed by atoms with E-state index >= 15 is 0 Å². The number of fused-ring (bicyclic) bond motifs is 3. The van der Waals surface area contributed by atoms with E-state index in [0.717, 1.165) is 0 Å². The third-order valence-electron chi connectivity index (χ3n) is 7.87. The number of aromatic hydroxyl groups is 2. The lowest BCUT2D eigenvalue weighted by atomic mass is 9.69. The first-order valence-corrected chi connectivity index (χ1v) is 12.0. The van der Waals surface area contributed by atoms with Crippen LogP contribution in [0, 0.1) is 5.92 Å². The Hall–Kier alpha value is -3.07. The van der Waals surface area contributed by atoms with Crippen LogP contribution in [0.1, 0.15) is 82.0 Å². The number of rotatable bonds is 3. The molecule has 1 aliphatic heterocycles. The Morgan fingerprint density at radius 3 is 2.23 bits per heavy atom. The van der Waals surface area contributed by atoms with Gasteiger partial charge >= 0.3 is 0 Å². The summed E-state index contributed by atoms with van der Waals surface area (Å²) in [7, 11) is 0. The molecule has 2 aromatic carbocycles. The third-order valence-corrected chi connectivity index (χ3v) is 7.87. The molecule has 8 nitrogen and oxygen atoms in total. The summed E-state index contributed by atoms with van der Waals surface area (Å²) in [6, 6.07) is 5.86. The molecule has 0 amide bonds. The van der Waals surface area contributed by atoms with Crippen molar-refractivity contribution in [3.63, 3.8) is 0 Å². The largest absolute Gasteiger partial charge is 0.507 e. The number of phenols is 2. The Kier molecular flexibility index (Phi) is 5.78. The molecule has 5 N–H and O–H groups in total. The average molecular weight is 480 g/mol. The smallest absolute Gasteiger partial charge is 0.198 e. The highest BCUT2D eigenvalue weighted by Gasteiger charge is 2.43. The van der Waals surface area contributed by atoms with Crippen molar-refractivity contribution in [2.45, 2.75) is 69.8 Å². The fourth-order valence-corrected chi connectivity index (χ4v) is 6.04. The van der Waals surface area contributed by atoms with Crippen LogP contribution in [0.3, 0.4) is 0 Å². The SMILES string of the molecule is CC(=O)C1Cc2c(O)c3c(c(O)c2C(C[C@H]2C[C@H](N)[C@H](O)[C@H](C)O2)C1)C(=O)c1ccccc1C3=O. The molecular formula is C27H29NO7. The molecule has 2 aromatic rings. The third kappa shape index (κ3) is 3.67. The van der Waals surface area contributed by atoms with E-state index < -0.39 is 41.7 Å². The minimum Gasteiger partial charge on any atom is -0.507 e. The maximum Gasteiger partial charge on any atom is 0.198 e. The van der Waals surface area contributed by atoms with E-state index in [1.54, 1.807) is 19.1 Å². The molecule has 0 saturated carbocycles. The van der Waals surface area contributed by atoms with Gasteiger partial charge in [-0.05, 0) is 45.4 Å². The number of ether oxygens (including phenoxy) is 1. The summed E-state index contributed by atoms with van der Waals surface area (Å²) in [4.78, 5) is 39.0. The quantitative estimate of drug-likeness (QED) is 0.419.